The molecule has 0 saturated carbocycles. The van der Waals surface area contributed by atoms with Gasteiger partial charge in [0, 0.05) is 11.1 Å². The van der Waals surface area contributed by atoms with Crippen LogP contribution in [0.5, 0.6) is 0 Å². The number of carboxylic acids is 1. The number of aliphatic hydroxyl groups excluding tert-OH is 1. The fourth-order valence-electron chi connectivity index (χ4n) is 1.43. The van der Waals surface area contributed by atoms with Gasteiger partial charge >= 0.3 is 5.97 Å². The first kappa shape index (κ1) is 14.5. The van der Waals surface area contributed by atoms with Crippen LogP contribution in [-0.2, 0) is 4.79 Å². The average Bonchev–Trinajstić information content (AvgIpc) is 2.35. The molecule has 1 rings (SSSR count). The summed E-state index contributed by atoms with van der Waals surface area (Å²) in [5.41, 5.74) is 0.309. The van der Waals surface area contributed by atoms with Crippen LogP contribution >= 0.6 is 15.9 Å². The van der Waals surface area contributed by atoms with Crippen molar-refractivity contribution in [3.63, 3.8) is 0 Å². The summed E-state index contributed by atoms with van der Waals surface area (Å²) in [5.74, 6) is -1.70. The molecule has 2 unspecified atom stereocenters. The molecular weight excluding hydrogens is 304 g/mol. The molecular formula is C12H11BrO5. The molecule has 1 aromatic carbocycles. The van der Waals surface area contributed by atoms with E-state index in [4.69, 9.17) is 5.11 Å². The average molecular weight is 315 g/mol. The maximum absolute atomic E-state index is 11.8. The van der Waals surface area contributed by atoms with E-state index in [0.29, 0.717) is 6.29 Å². The second-order valence-corrected chi connectivity index (χ2v) is 5.06. The van der Waals surface area contributed by atoms with Crippen LogP contribution in [0.4, 0.5) is 0 Å². The molecule has 0 heterocycles. The molecule has 1 aromatic rings. The fourth-order valence-corrected chi connectivity index (χ4v) is 1.68. The molecule has 0 aromatic heterocycles. The Morgan fingerprint density at radius 2 is 2.00 bits per heavy atom. The number of aliphatic hydroxyl groups is 1. The molecule has 0 bridgehead atoms. The number of carboxylic acid groups (broad SMARTS) is 1. The first-order chi connectivity index (χ1) is 8.38. The van der Waals surface area contributed by atoms with Gasteiger partial charge in [0.2, 0.25) is 0 Å². The summed E-state index contributed by atoms with van der Waals surface area (Å²) in [6.07, 6.45) is -1.25. The highest BCUT2D eigenvalue weighted by molar-refractivity contribution is 9.10. The van der Waals surface area contributed by atoms with Gasteiger partial charge in [0.25, 0.3) is 0 Å². The van der Waals surface area contributed by atoms with E-state index in [2.05, 4.69) is 15.9 Å². The van der Waals surface area contributed by atoms with Gasteiger partial charge in [-0.1, -0.05) is 28.1 Å². The molecule has 0 amide bonds. The Hall–Kier alpha value is -1.53. The lowest BCUT2D eigenvalue weighted by Crippen LogP contribution is -2.15. The molecule has 18 heavy (non-hydrogen) atoms. The summed E-state index contributed by atoms with van der Waals surface area (Å²) in [5, 5.41) is 18.0. The largest absolute Gasteiger partial charge is 0.479 e. The van der Waals surface area contributed by atoms with Crippen LogP contribution in [0.15, 0.2) is 18.2 Å². The summed E-state index contributed by atoms with van der Waals surface area (Å²) in [6.45, 7) is 1.62. The van der Waals surface area contributed by atoms with Crippen LogP contribution in [0.1, 0.15) is 39.3 Å². The van der Waals surface area contributed by atoms with Crippen molar-refractivity contribution in [2.45, 2.75) is 17.9 Å². The Bertz CT molecular complexity index is 495. The van der Waals surface area contributed by atoms with Gasteiger partial charge in [-0.05, 0) is 18.6 Å². The SMILES string of the molecule is CC(Br)C(=O)c1ccc(C(O)C(=O)O)cc1C=O. The lowest BCUT2D eigenvalue weighted by Gasteiger charge is -2.10. The Kier molecular flexibility index (Phi) is 4.75. The quantitative estimate of drug-likeness (QED) is 0.489. The summed E-state index contributed by atoms with van der Waals surface area (Å²) in [4.78, 5) is 32.8. The van der Waals surface area contributed by atoms with E-state index in [1.807, 2.05) is 0 Å². The highest BCUT2D eigenvalue weighted by atomic mass is 79.9. The Labute approximate surface area is 112 Å². The van der Waals surface area contributed by atoms with E-state index in [1.165, 1.54) is 18.2 Å². The first-order valence-electron chi connectivity index (χ1n) is 5.06. The lowest BCUT2D eigenvalue weighted by atomic mass is 9.98. The van der Waals surface area contributed by atoms with Crippen molar-refractivity contribution < 1.29 is 24.6 Å². The Morgan fingerprint density at radius 3 is 2.44 bits per heavy atom. The normalized spacial score (nSPS) is 13.7. The van der Waals surface area contributed by atoms with Gasteiger partial charge in [-0.15, -0.1) is 0 Å². The molecule has 0 saturated heterocycles. The highest BCUT2D eigenvalue weighted by Gasteiger charge is 2.20. The summed E-state index contributed by atoms with van der Waals surface area (Å²) < 4.78 is 0. The van der Waals surface area contributed by atoms with Gasteiger partial charge in [0.1, 0.15) is 0 Å². The number of benzene rings is 1. The molecule has 96 valence electrons. The third kappa shape index (κ3) is 3.02. The van der Waals surface area contributed by atoms with E-state index in [-0.39, 0.29) is 22.5 Å². The maximum Gasteiger partial charge on any atom is 0.337 e. The maximum atomic E-state index is 11.8. The minimum Gasteiger partial charge on any atom is -0.479 e. The van der Waals surface area contributed by atoms with Crippen molar-refractivity contribution >= 4 is 34.0 Å². The monoisotopic (exact) mass is 314 g/mol. The van der Waals surface area contributed by atoms with E-state index in [9.17, 15) is 19.5 Å². The Morgan fingerprint density at radius 1 is 1.39 bits per heavy atom. The highest BCUT2D eigenvalue weighted by Crippen LogP contribution is 2.20. The topological polar surface area (TPSA) is 91.7 Å². The van der Waals surface area contributed by atoms with E-state index in [0.717, 1.165) is 0 Å². The molecule has 0 radical (unpaired) electrons. The van der Waals surface area contributed by atoms with Crippen molar-refractivity contribution in [3.8, 4) is 0 Å². The van der Waals surface area contributed by atoms with E-state index >= 15 is 0 Å². The molecule has 2 N–H and O–H groups in total. The van der Waals surface area contributed by atoms with Crippen molar-refractivity contribution in [1.82, 2.24) is 0 Å². The zero-order chi connectivity index (χ0) is 13.9. The minimum absolute atomic E-state index is 0.0587. The Balaban J connectivity index is 3.23. The van der Waals surface area contributed by atoms with Gasteiger partial charge in [-0.3, -0.25) is 9.59 Å². The van der Waals surface area contributed by atoms with Crippen LogP contribution < -0.4 is 0 Å². The van der Waals surface area contributed by atoms with Crippen molar-refractivity contribution in [3.05, 3.63) is 34.9 Å². The molecule has 0 aliphatic carbocycles. The minimum atomic E-state index is -1.71. The van der Waals surface area contributed by atoms with Crippen LogP contribution in [0.3, 0.4) is 0 Å². The molecule has 0 spiro atoms. The zero-order valence-electron chi connectivity index (χ0n) is 9.46. The summed E-state index contributed by atoms with van der Waals surface area (Å²) in [6, 6.07) is 3.86. The number of rotatable bonds is 5. The summed E-state index contributed by atoms with van der Waals surface area (Å²) >= 11 is 3.10. The number of Topliss-reactive ketones (excluding diaryl/α,β-unsaturated/α-hetero) is 1. The number of carbonyl (C=O) groups is 3. The number of alkyl halides is 1. The van der Waals surface area contributed by atoms with Crippen LogP contribution in [-0.4, -0.2) is 33.1 Å². The lowest BCUT2D eigenvalue weighted by molar-refractivity contribution is -0.146. The van der Waals surface area contributed by atoms with Crippen LogP contribution in [0, 0.1) is 0 Å². The first-order valence-corrected chi connectivity index (χ1v) is 5.98. The van der Waals surface area contributed by atoms with E-state index < -0.39 is 16.9 Å². The van der Waals surface area contributed by atoms with Gasteiger partial charge in [0.05, 0.1) is 4.83 Å². The van der Waals surface area contributed by atoms with Crippen molar-refractivity contribution in [2.75, 3.05) is 0 Å². The summed E-state index contributed by atoms with van der Waals surface area (Å²) in [7, 11) is 0. The molecule has 5 nitrogen and oxygen atoms in total. The molecule has 0 fully saturated rings. The number of hydrogen-bond acceptors (Lipinski definition) is 4. The molecule has 2 atom stereocenters. The van der Waals surface area contributed by atoms with Crippen molar-refractivity contribution in [1.29, 1.82) is 0 Å². The number of aliphatic carboxylic acids is 1. The third-order valence-electron chi connectivity index (χ3n) is 2.38. The zero-order valence-corrected chi connectivity index (χ0v) is 11.0. The standard InChI is InChI=1S/C12H11BrO5/c1-6(13)10(15)9-3-2-7(4-8(9)5-14)11(16)12(17)18/h2-6,11,16H,1H3,(H,17,18). The smallest absolute Gasteiger partial charge is 0.337 e. The molecule has 6 heteroatoms. The molecule has 0 aliphatic heterocycles. The predicted octanol–water partition coefficient (Wildman–Crippen LogP) is 1.58. The number of halogens is 1. The predicted molar refractivity (Wildman–Crippen MR) is 67.1 cm³/mol. The van der Waals surface area contributed by atoms with Crippen LogP contribution in [0.2, 0.25) is 0 Å². The second kappa shape index (κ2) is 5.88. The molecule has 0 aliphatic rings. The number of ketones is 1. The van der Waals surface area contributed by atoms with Gasteiger partial charge in [-0.2, -0.15) is 0 Å². The second-order valence-electron chi connectivity index (χ2n) is 3.69. The fraction of sp³-hybridized carbons (Fsp3) is 0.250. The number of aldehydes is 1. The van der Waals surface area contributed by atoms with Crippen LogP contribution in [0.25, 0.3) is 0 Å². The van der Waals surface area contributed by atoms with Crippen molar-refractivity contribution in [2.24, 2.45) is 0 Å². The van der Waals surface area contributed by atoms with Gasteiger partial charge in [0.15, 0.2) is 18.2 Å². The third-order valence-corrected chi connectivity index (χ3v) is 2.79. The van der Waals surface area contributed by atoms with Gasteiger partial charge < -0.3 is 10.2 Å². The van der Waals surface area contributed by atoms with E-state index in [1.54, 1.807) is 6.92 Å². The number of hydrogen-bond donors (Lipinski definition) is 2. The number of carbonyl (C=O) groups excluding carboxylic acids is 2. The van der Waals surface area contributed by atoms with Gasteiger partial charge in [-0.25, -0.2) is 4.79 Å².